The molecule has 0 aliphatic carbocycles. The molecule has 0 spiro atoms. The number of hydrazine groups is 1. The summed E-state index contributed by atoms with van der Waals surface area (Å²) in [6.45, 7) is 3.95. The van der Waals surface area contributed by atoms with Gasteiger partial charge in [-0.15, -0.1) is 0 Å². The molecule has 0 amide bonds. The van der Waals surface area contributed by atoms with Gasteiger partial charge in [0.25, 0.3) is 0 Å². The highest BCUT2D eigenvalue weighted by molar-refractivity contribution is 5.22. The molecule has 0 aliphatic rings. The summed E-state index contributed by atoms with van der Waals surface area (Å²) < 4.78 is 18.6. The first-order valence-corrected chi connectivity index (χ1v) is 5.34. The first kappa shape index (κ1) is 13.1. The molecule has 0 bridgehead atoms. The van der Waals surface area contributed by atoms with E-state index in [1.54, 1.807) is 13.2 Å². The van der Waals surface area contributed by atoms with Crippen LogP contribution in [0.3, 0.4) is 0 Å². The maximum atomic E-state index is 13.2. The van der Waals surface area contributed by atoms with Crippen LogP contribution in [0.5, 0.6) is 0 Å². The molecule has 0 aliphatic heterocycles. The van der Waals surface area contributed by atoms with Crippen LogP contribution in [0.4, 0.5) is 4.39 Å². The highest BCUT2D eigenvalue weighted by Gasteiger charge is 2.33. The number of ether oxygens (including phenoxy) is 1. The van der Waals surface area contributed by atoms with Crippen molar-refractivity contribution in [2.24, 2.45) is 5.84 Å². The summed E-state index contributed by atoms with van der Waals surface area (Å²) >= 11 is 0. The zero-order valence-electron chi connectivity index (χ0n) is 9.96. The first-order valence-electron chi connectivity index (χ1n) is 5.34. The topological polar surface area (TPSA) is 47.3 Å². The van der Waals surface area contributed by atoms with Gasteiger partial charge in [0.1, 0.15) is 5.82 Å². The maximum Gasteiger partial charge on any atom is 0.123 e. The van der Waals surface area contributed by atoms with Gasteiger partial charge in [-0.25, -0.2) is 4.39 Å². The fraction of sp³-hybridized carbons (Fsp3) is 0.500. The van der Waals surface area contributed by atoms with Gasteiger partial charge in [-0.05, 0) is 31.0 Å². The normalized spacial score (nSPS) is 16.8. The largest absolute Gasteiger partial charge is 0.376 e. The van der Waals surface area contributed by atoms with Crippen molar-refractivity contribution in [1.29, 1.82) is 0 Å². The lowest BCUT2D eigenvalue weighted by Crippen LogP contribution is -2.45. The Hall–Kier alpha value is -0.970. The highest BCUT2D eigenvalue weighted by atomic mass is 19.1. The predicted octanol–water partition coefficient (Wildman–Crippen LogP) is 2.15. The van der Waals surface area contributed by atoms with Crippen LogP contribution in [0.15, 0.2) is 24.3 Å². The van der Waals surface area contributed by atoms with Crippen molar-refractivity contribution >= 4 is 0 Å². The molecule has 16 heavy (non-hydrogen) atoms. The third-order valence-electron chi connectivity index (χ3n) is 3.13. The van der Waals surface area contributed by atoms with Crippen molar-refractivity contribution in [2.75, 3.05) is 7.11 Å². The number of hydrogen-bond donors (Lipinski definition) is 2. The van der Waals surface area contributed by atoms with Crippen molar-refractivity contribution < 1.29 is 9.13 Å². The summed E-state index contributed by atoms with van der Waals surface area (Å²) in [6, 6.07) is 6.14. The number of halogens is 1. The van der Waals surface area contributed by atoms with Gasteiger partial charge < -0.3 is 4.74 Å². The number of benzene rings is 1. The average molecular weight is 226 g/mol. The Labute approximate surface area is 95.8 Å². The fourth-order valence-corrected chi connectivity index (χ4v) is 1.78. The van der Waals surface area contributed by atoms with Gasteiger partial charge in [0.05, 0.1) is 11.6 Å². The van der Waals surface area contributed by atoms with E-state index in [4.69, 9.17) is 10.6 Å². The molecule has 2 atom stereocenters. The number of nitrogens with two attached hydrogens (primary N) is 1. The van der Waals surface area contributed by atoms with Crippen LogP contribution in [0, 0.1) is 5.82 Å². The predicted molar refractivity (Wildman–Crippen MR) is 62.2 cm³/mol. The van der Waals surface area contributed by atoms with E-state index in [9.17, 15) is 4.39 Å². The second kappa shape index (κ2) is 5.39. The molecule has 0 fully saturated rings. The van der Waals surface area contributed by atoms with E-state index in [0.29, 0.717) is 0 Å². The second-order valence-electron chi connectivity index (χ2n) is 4.03. The first-order chi connectivity index (χ1) is 7.57. The molecule has 1 aromatic rings. The molecule has 1 aromatic carbocycles. The molecule has 3 N–H and O–H groups in total. The molecule has 0 radical (unpaired) electrons. The number of nitrogens with one attached hydrogen (secondary N) is 1. The van der Waals surface area contributed by atoms with Crippen molar-refractivity contribution in [3.63, 3.8) is 0 Å². The second-order valence-corrected chi connectivity index (χ2v) is 4.03. The lowest BCUT2D eigenvalue weighted by atomic mass is 9.88. The molecule has 3 nitrogen and oxygen atoms in total. The zero-order chi connectivity index (χ0) is 12.2. The average Bonchev–Trinajstić information content (AvgIpc) is 2.30. The minimum absolute atomic E-state index is 0.238. The Morgan fingerprint density at radius 2 is 2.25 bits per heavy atom. The van der Waals surface area contributed by atoms with E-state index in [1.807, 2.05) is 19.9 Å². The van der Waals surface area contributed by atoms with Crippen molar-refractivity contribution in [1.82, 2.24) is 5.43 Å². The van der Waals surface area contributed by atoms with Crippen molar-refractivity contribution in [3.8, 4) is 0 Å². The number of rotatable bonds is 5. The van der Waals surface area contributed by atoms with E-state index in [0.717, 1.165) is 12.0 Å². The lowest BCUT2D eigenvalue weighted by Gasteiger charge is -2.35. The Bertz CT molecular complexity index is 340. The Morgan fingerprint density at radius 3 is 2.69 bits per heavy atom. The fourth-order valence-electron chi connectivity index (χ4n) is 1.78. The Kier molecular flexibility index (Phi) is 4.41. The van der Waals surface area contributed by atoms with Gasteiger partial charge in [0, 0.05) is 7.11 Å². The number of methoxy groups -OCH3 is 1. The molecule has 2 unspecified atom stereocenters. The van der Waals surface area contributed by atoms with E-state index < -0.39 is 5.60 Å². The van der Waals surface area contributed by atoms with Gasteiger partial charge in [-0.2, -0.15) is 0 Å². The molecule has 0 heterocycles. The van der Waals surface area contributed by atoms with E-state index in [-0.39, 0.29) is 11.9 Å². The van der Waals surface area contributed by atoms with Gasteiger partial charge in [-0.3, -0.25) is 11.3 Å². The Morgan fingerprint density at radius 1 is 1.56 bits per heavy atom. The molecule has 90 valence electrons. The summed E-state index contributed by atoms with van der Waals surface area (Å²) in [5, 5.41) is 0. The standard InChI is InChI=1S/C12H19FN2O/c1-4-12(2,16-3)11(15-14)9-6-5-7-10(13)8-9/h5-8,11,15H,4,14H2,1-3H3. The van der Waals surface area contributed by atoms with Crippen LogP contribution in [-0.2, 0) is 4.74 Å². The molecule has 4 heteroatoms. The lowest BCUT2D eigenvalue weighted by molar-refractivity contribution is -0.0301. The van der Waals surface area contributed by atoms with Crippen LogP contribution in [0.1, 0.15) is 31.9 Å². The van der Waals surface area contributed by atoms with E-state index in [1.165, 1.54) is 12.1 Å². The molecular formula is C12H19FN2O. The van der Waals surface area contributed by atoms with E-state index >= 15 is 0 Å². The molecule has 0 aromatic heterocycles. The van der Waals surface area contributed by atoms with E-state index in [2.05, 4.69) is 5.43 Å². The van der Waals surface area contributed by atoms with Crippen LogP contribution in [0.25, 0.3) is 0 Å². The minimum Gasteiger partial charge on any atom is -0.376 e. The third-order valence-corrected chi connectivity index (χ3v) is 3.13. The van der Waals surface area contributed by atoms with Crippen LogP contribution < -0.4 is 11.3 Å². The van der Waals surface area contributed by atoms with Gasteiger partial charge in [0.2, 0.25) is 0 Å². The van der Waals surface area contributed by atoms with Crippen molar-refractivity contribution in [3.05, 3.63) is 35.6 Å². The summed E-state index contributed by atoms with van der Waals surface area (Å²) in [5.74, 6) is 5.27. The molecule has 0 saturated carbocycles. The Balaban J connectivity index is 3.06. The van der Waals surface area contributed by atoms with Crippen LogP contribution in [0.2, 0.25) is 0 Å². The monoisotopic (exact) mass is 226 g/mol. The highest BCUT2D eigenvalue weighted by Crippen LogP contribution is 2.31. The third kappa shape index (κ3) is 2.58. The summed E-state index contributed by atoms with van der Waals surface area (Å²) in [4.78, 5) is 0. The zero-order valence-corrected chi connectivity index (χ0v) is 9.96. The number of hydrogen-bond acceptors (Lipinski definition) is 3. The molecular weight excluding hydrogens is 207 g/mol. The quantitative estimate of drug-likeness (QED) is 0.597. The van der Waals surface area contributed by atoms with Crippen LogP contribution >= 0.6 is 0 Å². The summed E-state index contributed by atoms with van der Waals surface area (Å²) in [7, 11) is 1.63. The smallest absolute Gasteiger partial charge is 0.123 e. The maximum absolute atomic E-state index is 13.2. The van der Waals surface area contributed by atoms with Gasteiger partial charge in [0.15, 0.2) is 0 Å². The summed E-state index contributed by atoms with van der Waals surface area (Å²) in [6.07, 6.45) is 0.773. The van der Waals surface area contributed by atoms with Gasteiger partial charge in [-0.1, -0.05) is 19.1 Å². The van der Waals surface area contributed by atoms with Gasteiger partial charge >= 0.3 is 0 Å². The molecule has 0 saturated heterocycles. The SMILES string of the molecule is CCC(C)(OC)C(NN)c1cccc(F)c1. The van der Waals surface area contributed by atoms with Crippen molar-refractivity contribution in [2.45, 2.75) is 31.9 Å². The minimum atomic E-state index is -0.456. The summed E-state index contributed by atoms with van der Waals surface area (Å²) in [5.41, 5.74) is 3.03. The molecule has 1 rings (SSSR count). The van der Waals surface area contributed by atoms with Crippen LogP contribution in [-0.4, -0.2) is 12.7 Å².